The van der Waals surface area contributed by atoms with Crippen molar-refractivity contribution in [2.45, 2.75) is 6.42 Å². The molecule has 11 heavy (non-hydrogen) atoms. The van der Waals surface area contributed by atoms with Crippen LogP contribution in [0.5, 0.6) is 0 Å². The Kier molecular flexibility index (Phi) is 1.04. The maximum atomic E-state index is 10.9. The predicted octanol–water partition coefficient (Wildman–Crippen LogP) is 0.572. The Labute approximate surface area is 63.3 Å². The number of cyclic esters (lactones) is 2. The van der Waals surface area contributed by atoms with Crippen LogP contribution in [-0.2, 0) is 14.3 Å². The van der Waals surface area contributed by atoms with Crippen LogP contribution in [0.15, 0.2) is 23.8 Å². The van der Waals surface area contributed by atoms with Crippen molar-refractivity contribution in [1.29, 1.82) is 0 Å². The molecule has 0 aromatic heterocycles. The first-order chi connectivity index (χ1) is 5.18. The summed E-state index contributed by atoms with van der Waals surface area (Å²) < 4.78 is 4.39. The molecule has 3 heteroatoms. The summed E-state index contributed by atoms with van der Waals surface area (Å²) in [4.78, 5) is 21.7. The molecule has 1 aliphatic heterocycles. The van der Waals surface area contributed by atoms with E-state index in [1.807, 2.05) is 0 Å². The lowest BCUT2D eigenvalue weighted by Gasteiger charge is -1.94. The molecule has 2 rings (SSSR count). The summed E-state index contributed by atoms with van der Waals surface area (Å²) in [5.41, 5.74) is 1.30. The number of carbonyl (C=O) groups excluding carboxylic acids is 2. The van der Waals surface area contributed by atoms with Crippen LogP contribution in [-0.4, -0.2) is 11.9 Å². The molecule has 0 radical (unpaired) electrons. The van der Waals surface area contributed by atoms with E-state index in [-0.39, 0.29) is 5.92 Å². The van der Waals surface area contributed by atoms with Gasteiger partial charge in [0.05, 0.1) is 11.5 Å². The minimum absolute atomic E-state index is 0.352. The molecule has 1 heterocycles. The number of fused-ring (bicyclic) bond motifs is 1. The van der Waals surface area contributed by atoms with Crippen LogP contribution in [0.2, 0.25) is 0 Å². The molecular weight excluding hydrogens is 144 g/mol. The summed E-state index contributed by atoms with van der Waals surface area (Å²) in [6.07, 6.45) is 2.18. The van der Waals surface area contributed by atoms with E-state index in [9.17, 15) is 9.59 Å². The molecular formula is C8H6O3. The minimum Gasteiger partial charge on any atom is -0.389 e. The van der Waals surface area contributed by atoms with Gasteiger partial charge < -0.3 is 4.74 Å². The fraction of sp³-hybridized carbons (Fsp3) is 0.250. The normalized spacial score (nSPS) is 28.5. The standard InChI is InChI=1S/C8H6O3/c1-4-2-5-6(3-4)8(10)11-7(5)9/h2,6H,1,3H2. The second-order valence-electron chi connectivity index (χ2n) is 2.72. The van der Waals surface area contributed by atoms with Gasteiger partial charge in [-0.15, -0.1) is 0 Å². The maximum Gasteiger partial charge on any atom is 0.342 e. The van der Waals surface area contributed by atoms with E-state index in [0.29, 0.717) is 12.0 Å². The Morgan fingerprint density at radius 3 is 2.91 bits per heavy atom. The van der Waals surface area contributed by atoms with E-state index >= 15 is 0 Å². The Bertz CT molecular complexity index is 298. The molecule has 0 N–H and O–H groups in total. The monoisotopic (exact) mass is 150 g/mol. The zero-order valence-electron chi connectivity index (χ0n) is 5.79. The molecule has 1 fully saturated rings. The van der Waals surface area contributed by atoms with Gasteiger partial charge in [-0.2, -0.15) is 0 Å². The third-order valence-electron chi connectivity index (χ3n) is 1.91. The van der Waals surface area contributed by atoms with Crippen LogP contribution in [0.1, 0.15) is 6.42 Å². The average Bonchev–Trinajstić information content (AvgIpc) is 2.38. The van der Waals surface area contributed by atoms with Crippen molar-refractivity contribution in [1.82, 2.24) is 0 Å². The first kappa shape index (κ1) is 6.34. The molecule has 1 unspecified atom stereocenters. The highest BCUT2D eigenvalue weighted by Crippen LogP contribution is 2.35. The van der Waals surface area contributed by atoms with Crippen molar-refractivity contribution in [3.8, 4) is 0 Å². The lowest BCUT2D eigenvalue weighted by Crippen LogP contribution is -2.05. The molecule has 0 spiro atoms. The van der Waals surface area contributed by atoms with Crippen LogP contribution in [0.25, 0.3) is 0 Å². The maximum absolute atomic E-state index is 10.9. The first-order valence-electron chi connectivity index (χ1n) is 3.34. The highest BCUT2D eigenvalue weighted by atomic mass is 16.6. The van der Waals surface area contributed by atoms with E-state index in [2.05, 4.69) is 11.3 Å². The number of rotatable bonds is 0. The molecule has 1 saturated heterocycles. The summed E-state index contributed by atoms with van der Waals surface area (Å²) in [6, 6.07) is 0. The summed E-state index contributed by atoms with van der Waals surface area (Å²) in [7, 11) is 0. The van der Waals surface area contributed by atoms with Crippen molar-refractivity contribution in [3.63, 3.8) is 0 Å². The van der Waals surface area contributed by atoms with Crippen molar-refractivity contribution < 1.29 is 14.3 Å². The Morgan fingerprint density at radius 1 is 1.55 bits per heavy atom. The van der Waals surface area contributed by atoms with Gasteiger partial charge in [0, 0.05) is 0 Å². The second-order valence-corrected chi connectivity index (χ2v) is 2.72. The highest BCUT2D eigenvalue weighted by Gasteiger charge is 2.42. The van der Waals surface area contributed by atoms with E-state index < -0.39 is 11.9 Å². The number of esters is 2. The first-order valence-corrected chi connectivity index (χ1v) is 3.34. The minimum atomic E-state index is -0.501. The van der Waals surface area contributed by atoms with Crippen molar-refractivity contribution in [2.75, 3.05) is 0 Å². The van der Waals surface area contributed by atoms with Crippen molar-refractivity contribution in [3.05, 3.63) is 23.8 Å². The van der Waals surface area contributed by atoms with E-state index in [1.165, 1.54) is 0 Å². The van der Waals surface area contributed by atoms with Gasteiger partial charge in [0.2, 0.25) is 0 Å². The number of ether oxygens (including phenoxy) is 1. The highest BCUT2D eigenvalue weighted by molar-refractivity contribution is 6.08. The molecule has 0 saturated carbocycles. The van der Waals surface area contributed by atoms with Gasteiger partial charge in [-0.1, -0.05) is 12.2 Å². The third kappa shape index (κ3) is 0.738. The molecule has 1 atom stereocenters. The molecule has 0 bridgehead atoms. The lowest BCUT2D eigenvalue weighted by molar-refractivity contribution is -0.152. The molecule has 3 nitrogen and oxygen atoms in total. The van der Waals surface area contributed by atoms with Gasteiger partial charge in [-0.25, -0.2) is 4.79 Å². The second kappa shape index (κ2) is 1.81. The van der Waals surface area contributed by atoms with Crippen molar-refractivity contribution in [2.24, 2.45) is 5.92 Å². The number of allylic oxidation sites excluding steroid dienone is 2. The van der Waals surface area contributed by atoms with Gasteiger partial charge in [0.15, 0.2) is 0 Å². The number of hydrogen-bond donors (Lipinski definition) is 0. The Hall–Kier alpha value is -1.38. The van der Waals surface area contributed by atoms with Crippen LogP contribution < -0.4 is 0 Å². The average molecular weight is 150 g/mol. The molecule has 0 aromatic rings. The van der Waals surface area contributed by atoms with E-state index in [4.69, 9.17) is 0 Å². The van der Waals surface area contributed by atoms with E-state index in [1.54, 1.807) is 6.08 Å². The lowest BCUT2D eigenvalue weighted by atomic mass is 10.0. The molecule has 56 valence electrons. The number of hydrogen-bond acceptors (Lipinski definition) is 3. The van der Waals surface area contributed by atoms with Crippen LogP contribution in [0, 0.1) is 5.92 Å². The quantitative estimate of drug-likeness (QED) is 0.374. The van der Waals surface area contributed by atoms with Crippen molar-refractivity contribution >= 4 is 11.9 Å². The Balaban J connectivity index is 2.45. The largest absolute Gasteiger partial charge is 0.389 e. The third-order valence-corrected chi connectivity index (χ3v) is 1.91. The topological polar surface area (TPSA) is 43.4 Å². The van der Waals surface area contributed by atoms with Crippen LogP contribution >= 0.6 is 0 Å². The summed E-state index contributed by atoms with van der Waals surface area (Å²) in [5.74, 6) is -1.28. The number of carbonyl (C=O) groups is 2. The molecule has 0 aromatic carbocycles. The summed E-state index contributed by atoms with van der Waals surface area (Å²) in [5, 5.41) is 0. The van der Waals surface area contributed by atoms with Crippen LogP contribution in [0.3, 0.4) is 0 Å². The van der Waals surface area contributed by atoms with Gasteiger partial charge in [0.1, 0.15) is 0 Å². The fourth-order valence-corrected chi connectivity index (χ4v) is 1.38. The SMILES string of the molecule is C=C1C=C2C(=O)OC(=O)C2C1. The molecule has 2 aliphatic rings. The smallest absolute Gasteiger partial charge is 0.342 e. The van der Waals surface area contributed by atoms with Gasteiger partial charge in [-0.05, 0) is 12.5 Å². The van der Waals surface area contributed by atoms with Gasteiger partial charge in [0.25, 0.3) is 0 Å². The van der Waals surface area contributed by atoms with Gasteiger partial charge in [-0.3, -0.25) is 4.79 Å². The van der Waals surface area contributed by atoms with E-state index in [0.717, 1.165) is 5.57 Å². The van der Waals surface area contributed by atoms with Crippen LogP contribution in [0.4, 0.5) is 0 Å². The zero-order chi connectivity index (χ0) is 8.01. The molecule has 1 aliphatic carbocycles. The fourth-order valence-electron chi connectivity index (χ4n) is 1.38. The Morgan fingerprint density at radius 2 is 2.27 bits per heavy atom. The summed E-state index contributed by atoms with van der Waals surface area (Å²) in [6.45, 7) is 3.67. The zero-order valence-corrected chi connectivity index (χ0v) is 5.79. The van der Waals surface area contributed by atoms with Gasteiger partial charge >= 0.3 is 11.9 Å². The predicted molar refractivity (Wildman–Crippen MR) is 36.4 cm³/mol. The summed E-state index contributed by atoms with van der Waals surface area (Å²) >= 11 is 0. The molecule has 0 amide bonds.